The molecule has 70 heavy (non-hydrogen) atoms. The summed E-state index contributed by atoms with van der Waals surface area (Å²) in [6, 6.07) is 60.2. The molecule has 2 heterocycles. The Morgan fingerprint density at radius 1 is 0.557 bits per heavy atom. The summed E-state index contributed by atoms with van der Waals surface area (Å²) in [6.07, 6.45) is 27.6. The van der Waals surface area contributed by atoms with Crippen LogP contribution in [-0.2, 0) is 18.3 Å². The van der Waals surface area contributed by atoms with E-state index in [2.05, 4.69) is 226 Å². The fraction of sp³-hybridized carbons (Fsp3) is 0.164. The second-order valence-electron chi connectivity index (χ2n) is 19.6. The Kier molecular flexibility index (Phi) is 9.46. The van der Waals surface area contributed by atoms with Crippen LogP contribution in [0.25, 0.3) is 68.1 Å². The molecule has 0 fully saturated rings. The maximum Gasteiger partial charge on any atom is 0.0540 e. The van der Waals surface area contributed by atoms with Gasteiger partial charge in [0, 0.05) is 73.3 Å². The lowest BCUT2D eigenvalue weighted by Gasteiger charge is -2.36. The molecule has 2 aromatic heterocycles. The first kappa shape index (κ1) is 41.1. The first-order valence-corrected chi connectivity index (χ1v) is 25.8. The minimum atomic E-state index is -0.325. The summed E-state index contributed by atoms with van der Waals surface area (Å²) >= 11 is 0. The quantitative estimate of drug-likeness (QED) is 0.168. The van der Waals surface area contributed by atoms with E-state index in [1.54, 1.807) is 0 Å². The van der Waals surface area contributed by atoms with Gasteiger partial charge in [-0.05, 0) is 126 Å². The summed E-state index contributed by atoms with van der Waals surface area (Å²) in [5.74, 6) is 0.573. The van der Waals surface area contributed by atoms with E-state index in [-0.39, 0.29) is 11.3 Å². The number of hydrogen-bond acceptors (Lipinski definition) is 1. The van der Waals surface area contributed by atoms with Crippen LogP contribution in [0.3, 0.4) is 0 Å². The van der Waals surface area contributed by atoms with E-state index in [4.69, 9.17) is 0 Å². The maximum absolute atomic E-state index is 2.72. The van der Waals surface area contributed by atoms with Crippen LogP contribution < -0.4 is 15.5 Å². The molecular weight excluding hydrogens is 847 g/mol. The molecule has 6 aliphatic carbocycles. The van der Waals surface area contributed by atoms with E-state index in [1.807, 2.05) is 13.8 Å². The highest BCUT2D eigenvalue weighted by atomic mass is 15.2. The third-order valence-electron chi connectivity index (χ3n) is 16.4. The second-order valence-corrected chi connectivity index (χ2v) is 19.6. The largest absolute Gasteiger partial charge is 0.313 e. The van der Waals surface area contributed by atoms with Crippen LogP contribution >= 0.6 is 0 Å². The van der Waals surface area contributed by atoms with E-state index in [9.17, 15) is 0 Å². The van der Waals surface area contributed by atoms with Gasteiger partial charge < -0.3 is 14.0 Å². The molecule has 9 aromatic rings. The molecule has 7 aromatic carbocycles. The van der Waals surface area contributed by atoms with Gasteiger partial charge in [-0.15, -0.1) is 0 Å². The third-order valence-corrected chi connectivity index (χ3v) is 16.4. The molecule has 1 spiro atoms. The normalized spacial score (nSPS) is 19.4. The molecule has 3 unspecified atom stereocenters. The van der Waals surface area contributed by atoms with Gasteiger partial charge in [0.2, 0.25) is 0 Å². The first-order chi connectivity index (χ1) is 34.8. The molecule has 3 atom stereocenters. The maximum atomic E-state index is 2.72. The van der Waals surface area contributed by atoms with Crippen LogP contribution in [0, 0.1) is 5.92 Å². The predicted octanol–water partition coefficient (Wildman–Crippen LogP) is 15.2. The first-order valence-electron chi connectivity index (χ1n) is 25.8. The van der Waals surface area contributed by atoms with Crippen molar-refractivity contribution in [1.82, 2.24) is 9.13 Å². The number of aromatic nitrogens is 2. The van der Waals surface area contributed by atoms with Gasteiger partial charge in [-0.2, -0.15) is 0 Å². The average molecular weight is 902 g/mol. The Hall–Kier alpha value is -7.88. The lowest BCUT2D eigenvalue weighted by atomic mass is 9.65. The zero-order valence-corrected chi connectivity index (χ0v) is 39.9. The lowest BCUT2D eigenvalue weighted by Crippen LogP contribution is -2.38. The van der Waals surface area contributed by atoms with Crippen molar-refractivity contribution in [2.24, 2.45) is 5.92 Å². The molecule has 15 rings (SSSR count). The van der Waals surface area contributed by atoms with Gasteiger partial charge in [-0.1, -0.05) is 178 Å². The van der Waals surface area contributed by atoms with Crippen LogP contribution in [-0.4, -0.2) is 9.13 Å². The van der Waals surface area contributed by atoms with Crippen molar-refractivity contribution in [3.8, 4) is 22.5 Å². The Morgan fingerprint density at radius 2 is 1.29 bits per heavy atom. The van der Waals surface area contributed by atoms with Gasteiger partial charge in [0.05, 0.1) is 22.0 Å². The standard InChI is InChI=1S/C65H49N3.C2H6/c1-2-20-44(21-3-1)66-57-31-14-9-24-49(57)52-41-46(38-39-59(52)66)68(62-35-17-34-61-64(62)51-26-10-15-32-58(51)67(61)45-37-36-42-18-4-5-19-43(42)40-45)60-33-16-30-56-63(60)50-25-8-13-29-55(50)65(56)53-27-11-6-22-47(53)48-23-7-12-28-54(48)65;1-2/h1-13,16,18-30,33-34,36-41,47,53H,14-15,17,31-32,35H2;1-2H3. The summed E-state index contributed by atoms with van der Waals surface area (Å²) in [5.41, 5.74) is 21.2. The van der Waals surface area contributed by atoms with Crippen molar-refractivity contribution >= 4 is 57.0 Å². The molecule has 0 saturated carbocycles. The van der Waals surface area contributed by atoms with E-state index >= 15 is 0 Å². The zero-order chi connectivity index (χ0) is 46.5. The molecule has 0 aliphatic heterocycles. The van der Waals surface area contributed by atoms with Gasteiger partial charge in [-0.3, -0.25) is 0 Å². The Labute approximate surface area is 410 Å². The molecular formula is C67H55N3. The monoisotopic (exact) mass is 901 g/mol. The predicted molar refractivity (Wildman–Crippen MR) is 294 cm³/mol. The van der Waals surface area contributed by atoms with Gasteiger partial charge in [0.1, 0.15) is 0 Å². The number of hydrogen-bond donors (Lipinski definition) is 0. The molecule has 0 bridgehead atoms. The van der Waals surface area contributed by atoms with Crippen LogP contribution in [0.2, 0.25) is 0 Å². The zero-order valence-electron chi connectivity index (χ0n) is 39.9. The molecule has 0 radical (unpaired) electrons. The van der Waals surface area contributed by atoms with Gasteiger partial charge in [0.25, 0.3) is 0 Å². The van der Waals surface area contributed by atoms with Crippen molar-refractivity contribution in [2.45, 2.75) is 63.7 Å². The van der Waals surface area contributed by atoms with E-state index in [0.717, 1.165) is 38.5 Å². The fourth-order valence-corrected chi connectivity index (χ4v) is 13.8. The minimum Gasteiger partial charge on any atom is -0.313 e. The number of benzene rings is 7. The Morgan fingerprint density at radius 3 is 2.16 bits per heavy atom. The number of rotatable bonds is 5. The van der Waals surface area contributed by atoms with Gasteiger partial charge >= 0.3 is 0 Å². The molecule has 6 aliphatic rings. The number of allylic oxidation sites excluding steroid dienone is 6. The van der Waals surface area contributed by atoms with Crippen LogP contribution in [0.5, 0.6) is 0 Å². The molecule has 0 saturated heterocycles. The number of anilines is 2. The van der Waals surface area contributed by atoms with Crippen molar-refractivity contribution in [3.05, 3.63) is 250 Å². The second kappa shape index (κ2) is 16.1. The molecule has 0 N–H and O–H groups in total. The molecule has 3 nitrogen and oxygen atoms in total. The van der Waals surface area contributed by atoms with Crippen LogP contribution in [0.15, 0.2) is 194 Å². The average Bonchev–Trinajstić information content (AvgIpc) is 4.14. The highest BCUT2D eigenvalue weighted by molar-refractivity contribution is 6.02. The van der Waals surface area contributed by atoms with E-state index in [0.29, 0.717) is 5.92 Å². The van der Waals surface area contributed by atoms with Gasteiger partial charge in [0.15, 0.2) is 0 Å². The van der Waals surface area contributed by atoms with Crippen LogP contribution in [0.4, 0.5) is 11.4 Å². The Bertz CT molecular complexity index is 3890. The summed E-state index contributed by atoms with van der Waals surface area (Å²) in [4.78, 5) is 2.72. The van der Waals surface area contributed by atoms with Crippen molar-refractivity contribution in [2.75, 3.05) is 4.90 Å². The fourth-order valence-electron chi connectivity index (χ4n) is 13.8. The van der Waals surface area contributed by atoms with E-state index < -0.39 is 0 Å². The summed E-state index contributed by atoms with van der Waals surface area (Å²) in [5, 5.41) is 6.53. The smallest absolute Gasteiger partial charge is 0.0540 e. The molecule has 0 amide bonds. The van der Waals surface area contributed by atoms with Crippen molar-refractivity contribution in [3.63, 3.8) is 0 Å². The highest BCUT2D eigenvalue weighted by Gasteiger charge is 2.57. The van der Waals surface area contributed by atoms with Crippen molar-refractivity contribution < 1.29 is 0 Å². The van der Waals surface area contributed by atoms with Crippen LogP contribution in [0.1, 0.15) is 90.2 Å². The summed E-state index contributed by atoms with van der Waals surface area (Å²) in [7, 11) is 0. The summed E-state index contributed by atoms with van der Waals surface area (Å²) in [6.45, 7) is 4.00. The third kappa shape index (κ3) is 5.69. The Balaban J connectivity index is 0.00000227. The van der Waals surface area contributed by atoms with Gasteiger partial charge in [-0.25, -0.2) is 0 Å². The highest BCUT2D eigenvalue weighted by Crippen LogP contribution is 2.66. The lowest BCUT2D eigenvalue weighted by molar-refractivity contribution is 0.465. The van der Waals surface area contributed by atoms with Crippen molar-refractivity contribution in [1.29, 1.82) is 0 Å². The minimum absolute atomic E-state index is 0.264. The SMILES string of the molecule is C1=CC2c3ccccc3C3(c4ccccc4-c4c(N(C5=c6c7c(n(-c8ccc9ccccc9c8)c6=CCC5)CCC=C7)c5ccc6c(c5)c5c(n6-c6ccccc6)CCC=C5)cccc43)C2C=C1.CC. The van der Waals surface area contributed by atoms with E-state index in [1.165, 1.54) is 117 Å². The number of fused-ring (bicyclic) bond motifs is 17. The number of para-hydroxylation sites is 1. The molecule has 338 valence electrons. The molecule has 3 heteroatoms. The topological polar surface area (TPSA) is 13.1 Å². The summed E-state index contributed by atoms with van der Waals surface area (Å²) < 4.78 is 5.13. The number of nitrogens with zero attached hydrogens (tertiary/aromatic N) is 3.